The van der Waals surface area contributed by atoms with Crippen LogP contribution in [0.2, 0.25) is 0 Å². The van der Waals surface area contributed by atoms with Crippen molar-refractivity contribution in [1.29, 1.82) is 0 Å². The van der Waals surface area contributed by atoms with Gasteiger partial charge in [-0.1, -0.05) is 55.8 Å². The second-order valence-electron chi connectivity index (χ2n) is 5.54. The van der Waals surface area contributed by atoms with Gasteiger partial charge in [0.05, 0.1) is 5.56 Å². The van der Waals surface area contributed by atoms with Gasteiger partial charge in [0, 0.05) is 0 Å². The Morgan fingerprint density at radius 1 is 1.10 bits per heavy atom. The highest BCUT2D eigenvalue weighted by atomic mass is 16.3. The van der Waals surface area contributed by atoms with Crippen molar-refractivity contribution in [3.8, 4) is 5.75 Å². The number of allylic oxidation sites excluding steroid dienone is 1. The molecule has 2 nitrogen and oxygen atoms in total. The van der Waals surface area contributed by atoms with Gasteiger partial charge in [-0.2, -0.15) is 0 Å². The number of hydrogen-bond donors (Lipinski definition) is 1. The van der Waals surface area contributed by atoms with Gasteiger partial charge >= 0.3 is 0 Å². The minimum atomic E-state index is -0.191. The number of rotatable bonds is 4. The van der Waals surface area contributed by atoms with Gasteiger partial charge in [0.1, 0.15) is 5.75 Å². The summed E-state index contributed by atoms with van der Waals surface area (Å²) in [5.74, 6) is 0.323. The van der Waals surface area contributed by atoms with Crippen molar-refractivity contribution < 1.29 is 9.90 Å². The zero-order valence-corrected chi connectivity index (χ0v) is 12.6. The van der Waals surface area contributed by atoms with Crippen LogP contribution in [0.4, 0.5) is 0 Å². The van der Waals surface area contributed by atoms with Crippen LogP contribution in [0.25, 0.3) is 6.08 Å². The van der Waals surface area contributed by atoms with Gasteiger partial charge in [-0.15, -0.1) is 0 Å². The summed E-state index contributed by atoms with van der Waals surface area (Å²) in [6, 6.07) is 13.2. The van der Waals surface area contributed by atoms with Crippen molar-refractivity contribution in [1.82, 2.24) is 0 Å². The zero-order chi connectivity index (χ0) is 15.4. The predicted molar refractivity (Wildman–Crippen MR) is 86.7 cm³/mol. The molecule has 0 bridgehead atoms. The highest BCUT2D eigenvalue weighted by Crippen LogP contribution is 2.20. The lowest BCUT2D eigenvalue weighted by Crippen LogP contribution is -1.95. The highest BCUT2D eigenvalue weighted by Gasteiger charge is 2.08. The van der Waals surface area contributed by atoms with Gasteiger partial charge in [-0.25, -0.2) is 0 Å². The second kappa shape index (κ2) is 6.40. The van der Waals surface area contributed by atoms with Crippen molar-refractivity contribution in [2.24, 2.45) is 0 Å². The number of carbonyl (C=O) groups is 1. The lowest BCUT2D eigenvalue weighted by Gasteiger charge is -2.05. The number of hydrogen-bond acceptors (Lipinski definition) is 2. The van der Waals surface area contributed by atoms with Crippen LogP contribution in [0.1, 0.15) is 46.8 Å². The van der Waals surface area contributed by atoms with Crippen LogP contribution in [-0.2, 0) is 0 Å². The fourth-order valence-electron chi connectivity index (χ4n) is 2.10. The maximum absolute atomic E-state index is 12.1. The first kappa shape index (κ1) is 15.0. The molecule has 0 saturated carbocycles. The van der Waals surface area contributed by atoms with Crippen LogP contribution in [0.15, 0.2) is 48.5 Å². The Morgan fingerprint density at radius 3 is 2.38 bits per heavy atom. The molecule has 2 heteroatoms. The summed E-state index contributed by atoms with van der Waals surface area (Å²) in [7, 11) is 0. The number of phenols is 1. The molecule has 0 aliphatic heterocycles. The Bertz CT molecular complexity index is 664. The molecule has 21 heavy (non-hydrogen) atoms. The third-order valence-corrected chi connectivity index (χ3v) is 3.45. The van der Waals surface area contributed by atoms with E-state index in [0.29, 0.717) is 11.5 Å². The third-order valence-electron chi connectivity index (χ3n) is 3.45. The molecule has 0 fully saturated rings. The third kappa shape index (κ3) is 3.82. The first-order chi connectivity index (χ1) is 9.97. The fourth-order valence-corrected chi connectivity index (χ4v) is 2.10. The summed E-state index contributed by atoms with van der Waals surface area (Å²) >= 11 is 0. The first-order valence-corrected chi connectivity index (χ1v) is 7.09. The van der Waals surface area contributed by atoms with Crippen molar-refractivity contribution in [3.05, 3.63) is 70.8 Å². The van der Waals surface area contributed by atoms with Crippen LogP contribution < -0.4 is 0 Å². The molecule has 1 N–H and O–H groups in total. The number of carbonyl (C=O) groups excluding carboxylic acids is 1. The normalized spacial score (nSPS) is 11.2. The Balaban J connectivity index is 2.16. The maximum Gasteiger partial charge on any atom is 0.189 e. The van der Waals surface area contributed by atoms with Crippen molar-refractivity contribution >= 4 is 11.9 Å². The number of benzene rings is 2. The Labute approximate surface area is 125 Å². The topological polar surface area (TPSA) is 37.3 Å². The number of aromatic hydroxyl groups is 1. The molecule has 2 rings (SSSR count). The molecule has 0 atom stereocenters. The molecule has 0 aliphatic carbocycles. The lowest BCUT2D eigenvalue weighted by molar-refractivity contribution is 0.104. The van der Waals surface area contributed by atoms with E-state index in [4.69, 9.17) is 0 Å². The SMILES string of the molecule is Cc1ccc(O)c(C(=O)/C=C/c2ccc(C(C)C)cc2)c1. The largest absolute Gasteiger partial charge is 0.507 e. The maximum atomic E-state index is 12.1. The first-order valence-electron chi connectivity index (χ1n) is 7.09. The van der Waals surface area contributed by atoms with E-state index < -0.39 is 0 Å². The molecule has 2 aromatic rings. The van der Waals surface area contributed by atoms with E-state index >= 15 is 0 Å². The van der Waals surface area contributed by atoms with Gasteiger partial charge in [-0.05, 0) is 42.2 Å². The number of ketones is 1. The molecule has 0 spiro atoms. The molecule has 0 amide bonds. The summed E-state index contributed by atoms with van der Waals surface area (Å²) < 4.78 is 0. The van der Waals surface area contributed by atoms with Crippen LogP contribution in [0.5, 0.6) is 5.75 Å². The summed E-state index contributed by atoms with van der Waals surface area (Å²) in [6.07, 6.45) is 3.27. The molecule has 0 heterocycles. The summed E-state index contributed by atoms with van der Waals surface area (Å²) in [6.45, 7) is 6.19. The quantitative estimate of drug-likeness (QED) is 0.650. The summed E-state index contributed by atoms with van der Waals surface area (Å²) in [5.41, 5.74) is 3.53. The minimum absolute atomic E-state index is 0.0189. The van der Waals surface area contributed by atoms with Crippen LogP contribution in [0, 0.1) is 6.92 Å². The van der Waals surface area contributed by atoms with Gasteiger partial charge in [-0.3, -0.25) is 4.79 Å². The van der Waals surface area contributed by atoms with E-state index in [-0.39, 0.29) is 11.5 Å². The van der Waals surface area contributed by atoms with E-state index in [1.54, 1.807) is 24.3 Å². The number of aryl methyl sites for hydroxylation is 1. The smallest absolute Gasteiger partial charge is 0.189 e. The molecular weight excluding hydrogens is 260 g/mol. The average Bonchev–Trinajstić information content (AvgIpc) is 2.47. The predicted octanol–water partition coefficient (Wildman–Crippen LogP) is 4.72. The van der Waals surface area contributed by atoms with Crippen molar-refractivity contribution in [3.63, 3.8) is 0 Å². The summed E-state index contributed by atoms with van der Waals surface area (Å²) in [4.78, 5) is 12.1. The second-order valence-corrected chi connectivity index (χ2v) is 5.54. The van der Waals surface area contributed by atoms with Gasteiger partial charge < -0.3 is 5.11 Å². The van der Waals surface area contributed by atoms with E-state index in [9.17, 15) is 9.90 Å². The van der Waals surface area contributed by atoms with E-state index in [1.807, 2.05) is 19.1 Å². The molecule has 2 aromatic carbocycles. The molecule has 0 aliphatic rings. The van der Waals surface area contributed by atoms with E-state index in [2.05, 4.69) is 26.0 Å². The van der Waals surface area contributed by atoms with Crippen LogP contribution in [0.3, 0.4) is 0 Å². The number of phenolic OH excluding ortho intramolecular Hbond substituents is 1. The molecule has 108 valence electrons. The van der Waals surface area contributed by atoms with Crippen molar-refractivity contribution in [2.75, 3.05) is 0 Å². The average molecular weight is 280 g/mol. The fraction of sp³-hybridized carbons (Fsp3) is 0.211. The molecular formula is C19H20O2. The molecule has 0 saturated heterocycles. The Hall–Kier alpha value is -2.35. The van der Waals surface area contributed by atoms with E-state index in [1.165, 1.54) is 11.6 Å². The van der Waals surface area contributed by atoms with Crippen LogP contribution in [-0.4, -0.2) is 10.9 Å². The van der Waals surface area contributed by atoms with Gasteiger partial charge in [0.2, 0.25) is 0 Å². The van der Waals surface area contributed by atoms with Crippen molar-refractivity contribution in [2.45, 2.75) is 26.7 Å². The van der Waals surface area contributed by atoms with E-state index in [0.717, 1.165) is 11.1 Å². The minimum Gasteiger partial charge on any atom is -0.507 e. The Kier molecular flexibility index (Phi) is 4.59. The Morgan fingerprint density at radius 2 is 1.76 bits per heavy atom. The lowest BCUT2D eigenvalue weighted by atomic mass is 10.0. The standard InChI is InChI=1S/C19H20O2/c1-13(2)16-8-5-15(6-9-16)7-11-19(21)17-12-14(3)4-10-18(17)20/h4-13,20H,1-3H3/b11-7+. The molecule has 0 aromatic heterocycles. The van der Waals surface area contributed by atoms with Gasteiger partial charge in [0.25, 0.3) is 0 Å². The molecule has 0 unspecified atom stereocenters. The molecule has 0 radical (unpaired) electrons. The van der Waals surface area contributed by atoms with Gasteiger partial charge in [0.15, 0.2) is 5.78 Å². The highest BCUT2D eigenvalue weighted by molar-refractivity contribution is 6.08. The summed E-state index contributed by atoms with van der Waals surface area (Å²) in [5, 5.41) is 9.75. The van der Waals surface area contributed by atoms with Crippen LogP contribution >= 0.6 is 0 Å². The monoisotopic (exact) mass is 280 g/mol. The zero-order valence-electron chi connectivity index (χ0n) is 12.6.